The van der Waals surface area contributed by atoms with Gasteiger partial charge in [0.2, 0.25) is 5.75 Å². The lowest BCUT2D eigenvalue weighted by Crippen LogP contribution is -2.22. The summed E-state index contributed by atoms with van der Waals surface area (Å²) in [6.45, 7) is 2.00. The predicted molar refractivity (Wildman–Crippen MR) is 134 cm³/mol. The van der Waals surface area contributed by atoms with Crippen LogP contribution in [0.15, 0.2) is 77.7 Å². The van der Waals surface area contributed by atoms with Gasteiger partial charge in [-0.3, -0.25) is 9.36 Å². The molecule has 8 nitrogen and oxygen atoms in total. The van der Waals surface area contributed by atoms with Crippen molar-refractivity contribution < 1.29 is 14.2 Å². The van der Waals surface area contributed by atoms with Crippen LogP contribution in [0.4, 0.5) is 0 Å². The Hall–Kier alpha value is -4.59. The minimum absolute atomic E-state index is 0.232. The highest BCUT2D eigenvalue weighted by Gasteiger charge is 2.22. The van der Waals surface area contributed by atoms with Gasteiger partial charge in [0.25, 0.3) is 5.56 Å². The average molecular weight is 469 g/mol. The molecule has 0 aliphatic rings. The molecule has 0 saturated heterocycles. The van der Waals surface area contributed by atoms with Gasteiger partial charge in [0.1, 0.15) is 11.2 Å². The highest BCUT2D eigenvalue weighted by Crippen LogP contribution is 2.41. The normalized spacial score (nSPS) is 11.0. The molecule has 8 heteroatoms. The largest absolute Gasteiger partial charge is 0.493 e. The summed E-state index contributed by atoms with van der Waals surface area (Å²) >= 11 is 0. The number of fused-ring (bicyclic) bond motifs is 1. The van der Waals surface area contributed by atoms with E-state index in [1.807, 2.05) is 61.5 Å². The van der Waals surface area contributed by atoms with Crippen LogP contribution >= 0.6 is 0 Å². The number of methoxy groups -OCH3 is 3. The van der Waals surface area contributed by atoms with E-state index in [0.717, 1.165) is 11.3 Å². The monoisotopic (exact) mass is 468 g/mol. The van der Waals surface area contributed by atoms with Crippen LogP contribution < -0.4 is 19.8 Å². The molecule has 0 aliphatic heterocycles. The molecule has 0 N–H and O–H groups in total. The number of nitrogens with zero attached hydrogens (tertiary/aromatic N) is 4. The molecule has 0 spiro atoms. The van der Waals surface area contributed by atoms with E-state index in [4.69, 9.17) is 19.2 Å². The van der Waals surface area contributed by atoms with Crippen molar-refractivity contribution in [3.63, 3.8) is 0 Å². The first kappa shape index (κ1) is 22.2. The van der Waals surface area contributed by atoms with Crippen molar-refractivity contribution in [2.75, 3.05) is 21.3 Å². The van der Waals surface area contributed by atoms with Crippen molar-refractivity contribution in [3.05, 3.63) is 88.8 Å². The number of benzene rings is 3. The molecule has 2 heterocycles. The number of aromatic nitrogens is 4. The molecule has 0 bridgehead atoms. The smallest absolute Gasteiger partial charge is 0.269 e. The Kier molecular flexibility index (Phi) is 5.70. The van der Waals surface area contributed by atoms with E-state index < -0.39 is 0 Å². The Morgan fingerprint density at radius 2 is 1.46 bits per heavy atom. The zero-order valence-corrected chi connectivity index (χ0v) is 19.9. The zero-order chi connectivity index (χ0) is 24.5. The molecule has 35 heavy (non-hydrogen) atoms. The van der Waals surface area contributed by atoms with Gasteiger partial charge < -0.3 is 14.2 Å². The van der Waals surface area contributed by atoms with Gasteiger partial charge in [-0.05, 0) is 43.3 Å². The molecule has 0 fully saturated rings. The van der Waals surface area contributed by atoms with Crippen LogP contribution in [0.5, 0.6) is 17.2 Å². The summed E-state index contributed by atoms with van der Waals surface area (Å²) in [5.74, 6) is 1.80. The lowest BCUT2D eigenvalue weighted by molar-refractivity contribution is 0.324. The molecule has 2 aromatic heterocycles. The van der Waals surface area contributed by atoms with Crippen LogP contribution in [0, 0.1) is 6.92 Å². The molecule has 5 aromatic rings. The maximum Gasteiger partial charge on any atom is 0.269 e. The fraction of sp³-hybridized carbons (Fsp3) is 0.148. The topological polar surface area (TPSA) is 80.4 Å². The highest BCUT2D eigenvalue weighted by molar-refractivity contribution is 5.79. The molecule has 176 valence electrons. The highest BCUT2D eigenvalue weighted by atomic mass is 16.5. The van der Waals surface area contributed by atoms with Gasteiger partial charge in [0.05, 0.1) is 38.9 Å². The maximum atomic E-state index is 13.9. The third-order valence-electron chi connectivity index (χ3n) is 5.82. The van der Waals surface area contributed by atoms with Crippen molar-refractivity contribution in [3.8, 4) is 40.0 Å². The van der Waals surface area contributed by atoms with E-state index in [2.05, 4.69) is 5.10 Å². The average Bonchev–Trinajstić information content (AvgIpc) is 3.33. The molecule has 0 saturated carbocycles. The second-order valence-corrected chi connectivity index (χ2v) is 7.95. The summed E-state index contributed by atoms with van der Waals surface area (Å²) in [4.78, 5) is 18.8. The van der Waals surface area contributed by atoms with E-state index >= 15 is 0 Å². The van der Waals surface area contributed by atoms with Gasteiger partial charge >= 0.3 is 0 Å². The summed E-state index contributed by atoms with van der Waals surface area (Å²) < 4.78 is 19.9. The van der Waals surface area contributed by atoms with Gasteiger partial charge in [-0.1, -0.05) is 35.9 Å². The molecule has 0 atom stereocenters. The van der Waals surface area contributed by atoms with Crippen LogP contribution in [-0.2, 0) is 0 Å². The van der Waals surface area contributed by atoms with Crippen molar-refractivity contribution in [1.82, 2.24) is 19.3 Å². The predicted octanol–water partition coefficient (Wildman–Crippen LogP) is 4.57. The minimum atomic E-state index is -0.232. The third-order valence-corrected chi connectivity index (χ3v) is 5.82. The van der Waals surface area contributed by atoms with E-state index in [1.165, 1.54) is 0 Å². The maximum absolute atomic E-state index is 13.9. The minimum Gasteiger partial charge on any atom is -0.493 e. The molecular weight excluding hydrogens is 444 g/mol. The molecule has 0 amide bonds. The van der Waals surface area contributed by atoms with Crippen molar-refractivity contribution in [1.29, 1.82) is 0 Å². The Morgan fingerprint density at radius 3 is 2.06 bits per heavy atom. The Balaban J connectivity index is 1.87. The molecule has 0 aliphatic carbocycles. The second kappa shape index (κ2) is 8.98. The molecule has 3 aromatic carbocycles. The second-order valence-electron chi connectivity index (χ2n) is 7.95. The first-order chi connectivity index (χ1) is 17.0. The molecular formula is C27H24N4O4. The summed E-state index contributed by atoms with van der Waals surface area (Å²) in [6, 6.07) is 20.8. The quantitative estimate of drug-likeness (QED) is 0.363. The van der Waals surface area contributed by atoms with Crippen LogP contribution in [0.3, 0.4) is 0 Å². The molecule has 0 radical (unpaired) electrons. The van der Waals surface area contributed by atoms with Gasteiger partial charge in [-0.25, -0.2) is 9.67 Å². The van der Waals surface area contributed by atoms with Crippen LogP contribution in [0.25, 0.3) is 33.8 Å². The number of para-hydroxylation sites is 1. The Bertz CT molecular complexity index is 1550. The van der Waals surface area contributed by atoms with Crippen LogP contribution in [0.2, 0.25) is 0 Å². The first-order valence-corrected chi connectivity index (χ1v) is 11.0. The summed E-state index contributed by atoms with van der Waals surface area (Å²) in [5.41, 5.74) is 3.42. The van der Waals surface area contributed by atoms with Gasteiger partial charge in [-0.15, -0.1) is 0 Å². The van der Waals surface area contributed by atoms with Crippen molar-refractivity contribution >= 4 is 11.0 Å². The SMILES string of the molecule is COc1cc(-c2nc3c(cnn3-c3ccccc3)c(=O)n2-c2ccc(C)cc2)cc(OC)c1OC. The van der Waals surface area contributed by atoms with Gasteiger partial charge in [0, 0.05) is 5.56 Å². The van der Waals surface area contributed by atoms with Crippen LogP contribution in [-0.4, -0.2) is 40.7 Å². The fourth-order valence-corrected chi connectivity index (χ4v) is 4.06. The third kappa shape index (κ3) is 3.78. The Morgan fingerprint density at radius 1 is 0.800 bits per heavy atom. The van der Waals surface area contributed by atoms with Gasteiger partial charge in [0.15, 0.2) is 17.1 Å². The fourth-order valence-electron chi connectivity index (χ4n) is 4.06. The number of aryl methyl sites for hydroxylation is 1. The first-order valence-electron chi connectivity index (χ1n) is 11.0. The standard InChI is InChI=1S/C27H24N4O4/c1-17-10-12-19(13-11-17)30-25(18-14-22(33-2)24(35-4)23(15-18)34-3)29-26-21(27(30)32)16-28-31(26)20-8-6-5-7-9-20/h5-16H,1-4H3. The Labute approximate surface area is 202 Å². The van der Waals surface area contributed by atoms with E-state index in [1.54, 1.807) is 48.9 Å². The lowest BCUT2D eigenvalue weighted by Gasteiger charge is -2.17. The number of rotatable bonds is 6. The number of ether oxygens (including phenoxy) is 3. The van der Waals surface area contributed by atoms with Crippen molar-refractivity contribution in [2.45, 2.75) is 6.92 Å². The van der Waals surface area contributed by atoms with E-state index in [-0.39, 0.29) is 5.56 Å². The summed E-state index contributed by atoms with van der Waals surface area (Å²) in [6.07, 6.45) is 1.56. The summed E-state index contributed by atoms with van der Waals surface area (Å²) in [7, 11) is 4.65. The van der Waals surface area contributed by atoms with Crippen molar-refractivity contribution in [2.24, 2.45) is 0 Å². The lowest BCUT2D eigenvalue weighted by atomic mass is 10.1. The molecule has 0 unspecified atom stereocenters. The van der Waals surface area contributed by atoms with Crippen LogP contribution in [0.1, 0.15) is 5.56 Å². The van der Waals surface area contributed by atoms with Gasteiger partial charge in [-0.2, -0.15) is 5.10 Å². The summed E-state index contributed by atoms with van der Waals surface area (Å²) in [5, 5.41) is 4.88. The number of hydrogen-bond acceptors (Lipinski definition) is 6. The zero-order valence-electron chi connectivity index (χ0n) is 19.9. The number of hydrogen-bond donors (Lipinski definition) is 0. The van der Waals surface area contributed by atoms with E-state index in [0.29, 0.717) is 45.4 Å². The molecule has 5 rings (SSSR count). The van der Waals surface area contributed by atoms with E-state index in [9.17, 15) is 4.79 Å².